The van der Waals surface area contributed by atoms with Gasteiger partial charge in [-0.25, -0.2) is 9.97 Å². The van der Waals surface area contributed by atoms with Gasteiger partial charge < -0.3 is 20.9 Å². The van der Waals surface area contributed by atoms with E-state index < -0.39 is 30.7 Å². The van der Waals surface area contributed by atoms with E-state index in [2.05, 4.69) is 15.3 Å². The highest BCUT2D eigenvalue weighted by Crippen LogP contribution is 2.43. The molecule has 33 heavy (non-hydrogen) atoms. The molecule has 10 heteroatoms. The molecule has 1 aliphatic rings. The van der Waals surface area contributed by atoms with Crippen LogP contribution in [0, 0.1) is 5.41 Å². The average molecular weight is 457 g/mol. The minimum atomic E-state index is -4.72. The van der Waals surface area contributed by atoms with Crippen molar-refractivity contribution in [1.82, 2.24) is 9.97 Å². The molecule has 172 valence electrons. The smallest absolute Gasteiger partial charge is 0.417 e. The number of aromatic nitrogens is 2. The molecular formula is C23H22F3N5O2. The SMILES string of the molecule is N=C(c1ccc(Oc2ccccc2)cc1)c1c(N)ncnc1NC1CCC(O)(C(F)(F)F)C1. The molecule has 2 atom stereocenters. The highest BCUT2D eigenvalue weighted by Gasteiger charge is 2.57. The van der Waals surface area contributed by atoms with E-state index in [1.807, 2.05) is 30.3 Å². The van der Waals surface area contributed by atoms with Crippen molar-refractivity contribution in [2.75, 3.05) is 11.1 Å². The fourth-order valence-corrected chi connectivity index (χ4v) is 3.81. The predicted octanol–water partition coefficient (Wildman–Crippen LogP) is 4.53. The number of nitrogens with one attached hydrogen (secondary N) is 2. The molecule has 7 nitrogen and oxygen atoms in total. The van der Waals surface area contributed by atoms with E-state index in [1.54, 1.807) is 24.3 Å². The van der Waals surface area contributed by atoms with Gasteiger partial charge in [0.1, 0.15) is 29.5 Å². The Bertz CT molecular complexity index is 1140. The molecular weight excluding hydrogens is 435 g/mol. The number of nitrogen functional groups attached to an aromatic ring is 1. The fourth-order valence-electron chi connectivity index (χ4n) is 3.81. The highest BCUT2D eigenvalue weighted by atomic mass is 19.4. The lowest BCUT2D eigenvalue weighted by Gasteiger charge is -2.26. The zero-order valence-electron chi connectivity index (χ0n) is 17.4. The molecule has 0 saturated heterocycles. The number of ether oxygens (including phenoxy) is 1. The van der Waals surface area contributed by atoms with Gasteiger partial charge in [-0.2, -0.15) is 13.2 Å². The Morgan fingerprint density at radius 1 is 1.09 bits per heavy atom. The van der Waals surface area contributed by atoms with E-state index in [1.165, 1.54) is 6.33 Å². The molecule has 1 fully saturated rings. The number of alkyl halides is 3. The molecule has 0 amide bonds. The van der Waals surface area contributed by atoms with Crippen molar-refractivity contribution in [1.29, 1.82) is 5.41 Å². The van der Waals surface area contributed by atoms with Crippen molar-refractivity contribution in [3.8, 4) is 11.5 Å². The summed E-state index contributed by atoms with van der Waals surface area (Å²) in [6.07, 6.45) is -4.37. The third-order valence-electron chi connectivity index (χ3n) is 5.61. The summed E-state index contributed by atoms with van der Waals surface area (Å²) in [6.45, 7) is 0. The lowest BCUT2D eigenvalue weighted by Crippen LogP contribution is -2.43. The van der Waals surface area contributed by atoms with Crippen LogP contribution >= 0.6 is 0 Å². The van der Waals surface area contributed by atoms with Crippen molar-refractivity contribution >= 4 is 17.3 Å². The van der Waals surface area contributed by atoms with E-state index in [0.717, 1.165) is 0 Å². The van der Waals surface area contributed by atoms with Crippen molar-refractivity contribution in [3.63, 3.8) is 0 Å². The molecule has 1 aliphatic carbocycles. The molecule has 3 aromatic rings. The molecule has 0 aliphatic heterocycles. The van der Waals surface area contributed by atoms with Gasteiger partial charge in [0.25, 0.3) is 0 Å². The van der Waals surface area contributed by atoms with Gasteiger partial charge in [0, 0.05) is 18.0 Å². The number of benzene rings is 2. The topological polar surface area (TPSA) is 117 Å². The first kappa shape index (κ1) is 22.5. The van der Waals surface area contributed by atoms with Crippen LogP contribution in [0.2, 0.25) is 0 Å². The number of para-hydroxylation sites is 1. The maximum atomic E-state index is 13.2. The summed E-state index contributed by atoms with van der Waals surface area (Å²) in [6, 6.07) is 15.3. The molecule has 1 heterocycles. The number of anilines is 2. The summed E-state index contributed by atoms with van der Waals surface area (Å²) in [4.78, 5) is 8.04. The molecule has 2 unspecified atom stereocenters. The summed E-state index contributed by atoms with van der Waals surface area (Å²) in [7, 11) is 0. The van der Waals surface area contributed by atoms with Crippen molar-refractivity contribution in [3.05, 3.63) is 72.1 Å². The van der Waals surface area contributed by atoms with Crippen LogP contribution in [0.1, 0.15) is 30.4 Å². The molecule has 2 aromatic carbocycles. The Morgan fingerprint density at radius 3 is 2.39 bits per heavy atom. The summed E-state index contributed by atoms with van der Waals surface area (Å²) < 4.78 is 45.2. The largest absolute Gasteiger partial charge is 0.457 e. The lowest BCUT2D eigenvalue weighted by atomic mass is 10.0. The Morgan fingerprint density at radius 2 is 1.76 bits per heavy atom. The van der Waals surface area contributed by atoms with E-state index in [4.69, 9.17) is 15.9 Å². The second-order valence-corrected chi connectivity index (χ2v) is 7.91. The van der Waals surface area contributed by atoms with Gasteiger partial charge in [0.05, 0.1) is 11.3 Å². The third-order valence-corrected chi connectivity index (χ3v) is 5.61. The minimum absolute atomic E-state index is 0.00550. The van der Waals surface area contributed by atoms with Gasteiger partial charge in [0.2, 0.25) is 0 Å². The number of hydrogen-bond acceptors (Lipinski definition) is 7. The Hall–Kier alpha value is -3.66. The number of nitrogens with two attached hydrogens (primary N) is 1. The number of rotatable bonds is 6. The van der Waals surface area contributed by atoms with Gasteiger partial charge in [-0.1, -0.05) is 18.2 Å². The Balaban J connectivity index is 1.53. The van der Waals surface area contributed by atoms with E-state index in [9.17, 15) is 18.3 Å². The Labute approximate surface area is 188 Å². The minimum Gasteiger partial charge on any atom is -0.457 e. The first-order chi connectivity index (χ1) is 15.7. The molecule has 5 N–H and O–H groups in total. The molecule has 0 spiro atoms. The van der Waals surface area contributed by atoms with Crippen LogP contribution in [0.4, 0.5) is 24.8 Å². The predicted molar refractivity (Wildman–Crippen MR) is 118 cm³/mol. The number of nitrogens with zero attached hydrogens (tertiary/aromatic N) is 2. The zero-order chi connectivity index (χ0) is 23.6. The third kappa shape index (κ3) is 4.75. The van der Waals surface area contributed by atoms with Gasteiger partial charge in [0.15, 0.2) is 5.60 Å². The summed E-state index contributed by atoms with van der Waals surface area (Å²) in [5.74, 6) is 1.41. The van der Waals surface area contributed by atoms with Crippen LogP contribution in [0.25, 0.3) is 0 Å². The van der Waals surface area contributed by atoms with E-state index in [-0.39, 0.29) is 29.3 Å². The maximum Gasteiger partial charge on any atom is 0.417 e. The fraction of sp³-hybridized carbons (Fsp3) is 0.261. The second-order valence-electron chi connectivity index (χ2n) is 7.91. The number of hydrogen-bond donors (Lipinski definition) is 4. The van der Waals surface area contributed by atoms with E-state index in [0.29, 0.717) is 17.1 Å². The number of halogens is 3. The first-order valence-electron chi connectivity index (χ1n) is 10.2. The van der Waals surface area contributed by atoms with Gasteiger partial charge in [-0.05, 0) is 49.2 Å². The van der Waals surface area contributed by atoms with E-state index >= 15 is 0 Å². The van der Waals surface area contributed by atoms with Crippen LogP contribution in [0.3, 0.4) is 0 Å². The zero-order valence-corrected chi connectivity index (χ0v) is 17.4. The Kier molecular flexibility index (Phi) is 5.94. The van der Waals surface area contributed by atoms with Gasteiger partial charge in [-0.15, -0.1) is 0 Å². The maximum absolute atomic E-state index is 13.2. The molecule has 4 rings (SSSR count). The molecule has 0 radical (unpaired) electrons. The van der Waals surface area contributed by atoms with Crippen LogP contribution < -0.4 is 15.8 Å². The monoisotopic (exact) mass is 457 g/mol. The highest BCUT2D eigenvalue weighted by molar-refractivity contribution is 6.16. The quantitative estimate of drug-likeness (QED) is 0.404. The molecule has 0 bridgehead atoms. The van der Waals surface area contributed by atoms with Crippen LogP contribution in [0.15, 0.2) is 60.9 Å². The van der Waals surface area contributed by atoms with Crippen LogP contribution in [0.5, 0.6) is 11.5 Å². The normalized spacial score (nSPS) is 20.4. The average Bonchev–Trinajstić information content (AvgIpc) is 3.17. The van der Waals surface area contributed by atoms with Crippen molar-refractivity contribution in [2.24, 2.45) is 0 Å². The van der Waals surface area contributed by atoms with Crippen molar-refractivity contribution in [2.45, 2.75) is 37.1 Å². The number of aliphatic hydroxyl groups is 1. The standard InChI is InChI=1S/C23H22F3N5O2/c24-23(25,26)22(32)11-10-15(12-22)31-21-18(20(28)29-13-30-21)19(27)14-6-8-17(9-7-14)33-16-4-2-1-3-5-16/h1-9,13,15,27,32H,10-12H2,(H3,28,29,30,31). The van der Waals surface area contributed by atoms with Gasteiger partial charge >= 0.3 is 6.18 Å². The summed E-state index contributed by atoms with van der Waals surface area (Å²) in [5.41, 5.74) is 3.94. The van der Waals surface area contributed by atoms with Gasteiger partial charge in [-0.3, -0.25) is 5.41 Å². The molecule has 1 saturated carbocycles. The van der Waals surface area contributed by atoms with Crippen molar-refractivity contribution < 1.29 is 23.0 Å². The lowest BCUT2D eigenvalue weighted by molar-refractivity contribution is -0.257. The van der Waals surface area contributed by atoms with Crippen LogP contribution in [-0.4, -0.2) is 38.6 Å². The van der Waals surface area contributed by atoms with Crippen LogP contribution in [-0.2, 0) is 0 Å². The molecule has 1 aromatic heterocycles. The first-order valence-corrected chi connectivity index (χ1v) is 10.2. The summed E-state index contributed by atoms with van der Waals surface area (Å²) in [5, 5.41) is 21.5. The second kappa shape index (κ2) is 8.70. The summed E-state index contributed by atoms with van der Waals surface area (Å²) >= 11 is 0.